The van der Waals surface area contributed by atoms with E-state index >= 15 is 0 Å². The summed E-state index contributed by atoms with van der Waals surface area (Å²) in [5.41, 5.74) is 2.35. The van der Waals surface area contributed by atoms with Crippen LogP contribution < -0.4 is 5.32 Å². The molecule has 0 radical (unpaired) electrons. The summed E-state index contributed by atoms with van der Waals surface area (Å²) in [4.78, 5) is 26.1. The highest BCUT2D eigenvalue weighted by Crippen LogP contribution is 2.19. The summed E-state index contributed by atoms with van der Waals surface area (Å²) in [6.07, 6.45) is 1.52. The second-order valence-electron chi connectivity index (χ2n) is 6.40. The normalized spacial score (nSPS) is 15.9. The van der Waals surface area contributed by atoms with Crippen molar-refractivity contribution in [1.82, 2.24) is 10.2 Å². The number of rotatable bonds is 4. The molecule has 22 heavy (non-hydrogen) atoms. The fraction of sp³-hybridized carbons (Fsp3) is 0.556. The fourth-order valence-corrected chi connectivity index (χ4v) is 2.86. The molecule has 1 heterocycles. The number of benzene rings is 1. The maximum absolute atomic E-state index is 12.3. The third-order valence-corrected chi connectivity index (χ3v) is 4.39. The van der Waals surface area contributed by atoms with Gasteiger partial charge in [0.15, 0.2) is 0 Å². The monoisotopic (exact) mass is 302 g/mol. The third-order valence-electron chi connectivity index (χ3n) is 4.39. The van der Waals surface area contributed by atoms with E-state index in [0.717, 1.165) is 18.4 Å². The minimum absolute atomic E-state index is 0.0280. The minimum atomic E-state index is 0.0280. The quantitative estimate of drug-likeness (QED) is 0.929. The highest BCUT2D eigenvalue weighted by atomic mass is 16.2. The number of nitrogens with one attached hydrogen (secondary N) is 1. The smallest absolute Gasteiger partial charge is 0.225 e. The van der Waals surface area contributed by atoms with E-state index in [-0.39, 0.29) is 23.7 Å². The summed E-state index contributed by atoms with van der Waals surface area (Å²) < 4.78 is 0. The van der Waals surface area contributed by atoms with Crippen LogP contribution in [0.2, 0.25) is 0 Å². The Bertz CT molecular complexity index is 532. The molecular formula is C18H26N2O2. The molecule has 0 saturated carbocycles. The summed E-state index contributed by atoms with van der Waals surface area (Å²) in [5.74, 6) is 0.366. The van der Waals surface area contributed by atoms with Crippen molar-refractivity contribution in [3.8, 4) is 0 Å². The molecule has 0 aliphatic carbocycles. The van der Waals surface area contributed by atoms with Gasteiger partial charge in [0, 0.05) is 31.5 Å². The van der Waals surface area contributed by atoms with Gasteiger partial charge in [-0.15, -0.1) is 0 Å². The molecule has 1 saturated heterocycles. The molecule has 0 atom stereocenters. The average Bonchev–Trinajstić information content (AvgIpc) is 2.53. The second kappa shape index (κ2) is 7.43. The van der Waals surface area contributed by atoms with Crippen molar-refractivity contribution in [2.45, 2.75) is 40.2 Å². The van der Waals surface area contributed by atoms with E-state index in [1.807, 2.05) is 36.9 Å². The molecule has 1 aliphatic rings. The fourth-order valence-electron chi connectivity index (χ4n) is 2.86. The topological polar surface area (TPSA) is 49.4 Å². The van der Waals surface area contributed by atoms with E-state index in [2.05, 4.69) is 18.3 Å². The van der Waals surface area contributed by atoms with Crippen LogP contribution in [0.25, 0.3) is 0 Å². The zero-order valence-corrected chi connectivity index (χ0v) is 13.8. The van der Waals surface area contributed by atoms with E-state index in [1.165, 1.54) is 5.56 Å². The SMILES string of the molecule is Cc1ccccc1CNC(=O)C1CCN(C(=O)C(C)C)CC1. The van der Waals surface area contributed by atoms with Crippen LogP contribution in [-0.4, -0.2) is 29.8 Å². The number of carbonyl (C=O) groups excluding carboxylic acids is 2. The van der Waals surface area contributed by atoms with Gasteiger partial charge in [-0.05, 0) is 30.9 Å². The first-order valence-electron chi connectivity index (χ1n) is 8.10. The first-order chi connectivity index (χ1) is 10.5. The van der Waals surface area contributed by atoms with Crippen LogP contribution in [0.1, 0.15) is 37.8 Å². The number of piperidine rings is 1. The third kappa shape index (κ3) is 4.09. The van der Waals surface area contributed by atoms with Crippen molar-refractivity contribution in [3.63, 3.8) is 0 Å². The maximum atomic E-state index is 12.3. The van der Waals surface area contributed by atoms with Crippen molar-refractivity contribution in [3.05, 3.63) is 35.4 Å². The predicted molar refractivity (Wildman–Crippen MR) is 87.2 cm³/mol. The highest BCUT2D eigenvalue weighted by Gasteiger charge is 2.27. The molecule has 1 aromatic carbocycles. The summed E-state index contributed by atoms with van der Waals surface area (Å²) >= 11 is 0. The van der Waals surface area contributed by atoms with Crippen LogP contribution in [0.4, 0.5) is 0 Å². The molecule has 120 valence electrons. The van der Waals surface area contributed by atoms with Gasteiger partial charge in [0.1, 0.15) is 0 Å². The number of carbonyl (C=O) groups is 2. The highest BCUT2D eigenvalue weighted by molar-refractivity contribution is 5.80. The Kier molecular flexibility index (Phi) is 5.58. The van der Waals surface area contributed by atoms with Gasteiger partial charge in [-0.2, -0.15) is 0 Å². The summed E-state index contributed by atoms with van der Waals surface area (Å²) in [7, 11) is 0. The first-order valence-corrected chi connectivity index (χ1v) is 8.10. The lowest BCUT2D eigenvalue weighted by atomic mass is 9.95. The van der Waals surface area contributed by atoms with Crippen molar-refractivity contribution in [1.29, 1.82) is 0 Å². The standard InChI is InChI=1S/C18H26N2O2/c1-13(2)18(22)20-10-8-15(9-11-20)17(21)19-12-16-7-5-4-6-14(16)3/h4-7,13,15H,8-12H2,1-3H3,(H,19,21). The lowest BCUT2D eigenvalue weighted by Crippen LogP contribution is -2.44. The lowest BCUT2D eigenvalue weighted by molar-refractivity contribution is -0.138. The largest absolute Gasteiger partial charge is 0.352 e. The van der Waals surface area contributed by atoms with Crippen LogP contribution in [0.5, 0.6) is 0 Å². The van der Waals surface area contributed by atoms with E-state index in [9.17, 15) is 9.59 Å². The number of aryl methyl sites for hydroxylation is 1. The molecule has 1 fully saturated rings. The van der Waals surface area contributed by atoms with Gasteiger partial charge < -0.3 is 10.2 Å². The lowest BCUT2D eigenvalue weighted by Gasteiger charge is -2.32. The molecule has 0 spiro atoms. The molecule has 0 unspecified atom stereocenters. The van der Waals surface area contributed by atoms with E-state index in [0.29, 0.717) is 19.6 Å². The molecule has 4 nitrogen and oxygen atoms in total. The zero-order valence-electron chi connectivity index (χ0n) is 13.8. The van der Waals surface area contributed by atoms with Crippen molar-refractivity contribution in [2.75, 3.05) is 13.1 Å². The Morgan fingerprint density at radius 3 is 2.45 bits per heavy atom. The van der Waals surface area contributed by atoms with Crippen molar-refractivity contribution >= 4 is 11.8 Å². The molecule has 1 N–H and O–H groups in total. The van der Waals surface area contributed by atoms with Gasteiger partial charge in [-0.3, -0.25) is 9.59 Å². The van der Waals surface area contributed by atoms with E-state index in [1.54, 1.807) is 0 Å². The predicted octanol–water partition coefficient (Wildman–Crippen LogP) is 2.51. The van der Waals surface area contributed by atoms with Gasteiger partial charge in [-0.1, -0.05) is 38.1 Å². The molecule has 2 rings (SSSR count). The van der Waals surface area contributed by atoms with Gasteiger partial charge in [0.2, 0.25) is 11.8 Å². The van der Waals surface area contributed by atoms with Gasteiger partial charge in [0.05, 0.1) is 0 Å². The average molecular weight is 302 g/mol. The van der Waals surface area contributed by atoms with Crippen LogP contribution in [0, 0.1) is 18.8 Å². The van der Waals surface area contributed by atoms with Crippen LogP contribution in [-0.2, 0) is 16.1 Å². The maximum Gasteiger partial charge on any atom is 0.225 e. The van der Waals surface area contributed by atoms with Crippen LogP contribution in [0.15, 0.2) is 24.3 Å². The van der Waals surface area contributed by atoms with Crippen molar-refractivity contribution in [2.24, 2.45) is 11.8 Å². The van der Waals surface area contributed by atoms with Crippen molar-refractivity contribution < 1.29 is 9.59 Å². The number of hydrogen-bond acceptors (Lipinski definition) is 2. The molecular weight excluding hydrogens is 276 g/mol. The number of likely N-dealkylation sites (tertiary alicyclic amines) is 1. The number of amides is 2. The Balaban J connectivity index is 1.80. The number of hydrogen-bond donors (Lipinski definition) is 1. The Morgan fingerprint density at radius 2 is 1.86 bits per heavy atom. The summed E-state index contributed by atoms with van der Waals surface area (Å²) in [6.45, 7) is 7.86. The van der Waals surface area contributed by atoms with Crippen LogP contribution >= 0.6 is 0 Å². The molecule has 4 heteroatoms. The van der Waals surface area contributed by atoms with E-state index in [4.69, 9.17) is 0 Å². The first kappa shape index (κ1) is 16.5. The summed E-state index contributed by atoms with van der Waals surface area (Å²) in [5, 5.41) is 3.03. The van der Waals surface area contributed by atoms with Gasteiger partial charge in [-0.25, -0.2) is 0 Å². The van der Waals surface area contributed by atoms with Gasteiger partial charge in [0.25, 0.3) is 0 Å². The van der Waals surface area contributed by atoms with E-state index < -0.39 is 0 Å². The Morgan fingerprint density at radius 1 is 1.23 bits per heavy atom. The molecule has 0 bridgehead atoms. The Labute approximate surface area is 132 Å². The zero-order chi connectivity index (χ0) is 16.1. The minimum Gasteiger partial charge on any atom is -0.352 e. The number of nitrogens with zero attached hydrogens (tertiary/aromatic N) is 1. The Hall–Kier alpha value is -1.84. The van der Waals surface area contributed by atoms with Gasteiger partial charge >= 0.3 is 0 Å². The van der Waals surface area contributed by atoms with Crippen LogP contribution in [0.3, 0.4) is 0 Å². The molecule has 1 aromatic rings. The molecule has 1 aliphatic heterocycles. The molecule has 2 amide bonds. The molecule has 0 aromatic heterocycles. The second-order valence-corrected chi connectivity index (χ2v) is 6.40. The summed E-state index contributed by atoms with van der Waals surface area (Å²) in [6, 6.07) is 8.09.